The molecule has 2 rings (SSSR count). The average Bonchev–Trinajstić information content (AvgIpc) is 2.77. The third-order valence-corrected chi connectivity index (χ3v) is 5.43. The fourth-order valence-electron chi connectivity index (χ4n) is 3.67. The van der Waals surface area contributed by atoms with Gasteiger partial charge in [0.1, 0.15) is 11.2 Å². The summed E-state index contributed by atoms with van der Waals surface area (Å²) in [7, 11) is 0. The maximum atomic E-state index is 11.6. The van der Waals surface area contributed by atoms with E-state index >= 15 is 0 Å². The molecule has 0 spiro atoms. The summed E-state index contributed by atoms with van der Waals surface area (Å²) in [5.41, 5.74) is 1.88. The Bertz CT molecular complexity index is 861. The molecule has 2 saturated heterocycles. The largest absolute Gasteiger partial charge is 0.481 e. The first kappa shape index (κ1) is 36.9. The maximum Gasteiger partial charge on any atom is 0.410 e. The molecule has 0 aromatic carbocycles. The topological polar surface area (TPSA) is 217 Å². The van der Waals surface area contributed by atoms with Gasteiger partial charge in [-0.2, -0.15) is 0 Å². The van der Waals surface area contributed by atoms with E-state index in [-0.39, 0.29) is 12.1 Å². The van der Waals surface area contributed by atoms with Gasteiger partial charge in [0.15, 0.2) is 5.60 Å². The van der Waals surface area contributed by atoms with Crippen molar-refractivity contribution in [1.82, 2.24) is 9.80 Å². The molecule has 232 valence electrons. The third kappa shape index (κ3) is 16.7. The van der Waals surface area contributed by atoms with Crippen LogP contribution in [0.4, 0.5) is 9.59 Å². The Hall–Kier alpha value is -3.13. The van der Waals surface area contributed by atoms with Gasteiger partial charge < -0.3 is 45.4 Å². The highest BCUT2D eigenvalue weighted by Gasteiger charge is 2.42. The van der Waals surface area contributed by atoms with Crippen LogP contribution in [0.15, 0.2) is 0 Å². The summed E-state index contributed by atoms with van der Waals surface area (Å²) in [6.45, 7) is 13.2. The van der Waals surface area contributed by atoms with Gasteiger partial charge in [-0.25, -0.2) is 14.4 Å². The molecule has 0 aliphatic carbocycles. The lowest BCUT2D eigenvalue weighted by Crippen LogP contribution is -2.47. The lowest BCUT2D eigenvalue weighted by atomic mass is 9.96. The lowest BCUT2D eigenvalue weighted by Gasteiger charge is -2.32. The standard InChI is InChI=1S/C10H20N2O2.C10H16O7.C6H11NO2/c1-10(2,3)14-9(13)12-6-4-5-8(11)7-12;1-9(2,3)17-7(13)5-10(16,8(14)15)4-6(11)12;8-6(9)7-4-2-1-3-5-7/h8H,4-7,11H2,1-3H3;16H,4-5H2,1-3H3,(H,11,12)(H,14,15);1-5H2,(H,8,9)/t8-;;/m1../s1. The quantitative estimate of drug-likeness (QED) is 0.298. The van der Waals surface area contributed by atoms with Crippen LogP contribution in [0.2, 0.25) is 0 Å². The number of aliphatic carboxylic acids is 2. The molecule has 2 fully saturated rings. The number of carbonyl (C=O) groups excluding carboxylic acids is 2. The summed E-state index contributed by atoms with van der Waals surface area (Å²) < 4.78 is 10.1. The van der Waals surface area contributed by atoms with E-state index in [1.807, 2.05) is 20.8 Å². The number of amides is 2. The van der Waals surface area contributed by atoms with Crippen molar-refractivity contribution in [2.24, 2.45) is 5.73 Å². The molecule has 0 aromatic rings. The van der Waals surface area contributed by atoms with Crippen LogP contribution in [-0.2, 0) is 23.9 Å². The molecule has 2 aliphatic rings. The number of ether oxygens (including phenoxy) is 2. The van der Waals surface area contributed by atoms with Crippen molar-refractivity contribution in [2.75, 3.05) is 26.2 Å². The number of aliphatic hydroxyl groups is 1. The average molecular weight is 578 g/mol. The van der Waals surface area contributed by atoms with Gasteiger partial charge in [0.25, 0.3) is 0 Å². The summed E-state index contributed by atoms with van der Waals surface area (Å²) in [6.07, 6.45) is 2.23. The Morgan fingerprint density at radius 2 is 1.27 bits per heavy atom. The SMILES string of the molecule is CC(C)(C)OC(=O)CC(O)(CC(=O)O)C(=O)O.CC(C)(C)OC(=O)N1CCC[C@@H](N)C1.O=C(O)N1CCCCC1. The smallest absolute Gasteiger partial charge is 0.410 e. The minimum Gasteiger partial charge on any atom is -0.481 e. The van der Waals surface area contributed by atoms with Crippen molar-refractivity contribution < 1.29 is 53.9 Å². The van der Waals surface area contributed by atoms with E-state index < -0.39 is 53.6 Å². The van der Waals surface area contributed by atoms with Gasteiger partial charge in [-0.05, 0) is 73.6 Å². The van der Waals surface area contributed by atoms with Gasteiger partial charge in [0.2, 0.25) is 0 Å². The number of piperidine rings is 2. The van der Waals surface area contributed by atoms with Crippen molar-refractivity contribution in [1.29, 1.82) is 0 Å². The summed E-state index contributed by atoms with van der Waals surface area (Å²) >= 11 is 0. The Balaban J connectivity index is 0.000000595. The molecule has 1 unspecified atom stereocenters. The lowest BCUT2D eigenvalue weighted by molar-refractivity contribution is -0.175. The van der Waals surface area contributed by atoms with E-state index in [9.17, 15) is 29.1 Å². The zero-order valence-corrected chi connectivity index (χ0v) is 24.5. The molecule has 2 amide bonds. The van der Waals surface area contributed by atoms with Crippen LogP contribution in [-0.4, -0.2) is 109 Å². The summed E-state index contributed by atoms with van der Waals surface area (Å²) in [5, 5.41) is 35.2. The zero-order chi connectivity index (χ0) is 31.3. The number of nitrogens with two attached hydrogens (primary N) is 1. The molecular formula is C26H47N3O11. The molecule has 14 heteroatoms. The Morgan fingerprint density at radius 3 is 1.65 bits per heavy atom. The van der Waals surface area contributed by atoms with Gasteiger partial charge in [0.05, 0.1) is 12.8 Å². The number of carbonyl (C=O) groups is 5. The van der Waals surface area contributed by atoms with E-state index in [4.69, 9.17) is 30.5 Å². The zero-order valence-electron chi connectivity index (χ0n) is 24.5. The normalized spacial score (nSPS) is 18.9. The van der Waals surface area contributed by atoms with Crippen molar-refractivity contribution in [2.45, 2.75) is 109 Å². The minimum absolute atomic E-state index is 0.108. The fraction of sp³-hybridized carbons (Fsp3) is 0.808. The van der Waals surface area contributed by atoms with Crippen LogP contribution in [0.25, 0.3) is 0 Å². The molecule has 0 saturated carbocycles. The maximum absolute atomic E-state index is 11.6. The van der Waals surface area contributed by atoms with Crippen LogP contribution < -0.4 is 5.73 Å². The molecule has 14 nitrogen and oxygen atoms in total. The van der Waals surface area contributed by atoms with Crippen molar-refractivity contribution in [3.8, 4) is 0 Å². The van der Waals surface area contributed by atoms with Crippen molar-refractivity contribution >= 4 is 30.1 Å². The van der Waals surface area contributed by atoms with E-state index in [1.54, 1.807) is 25.7 Å². The molecule has 0 aromatic heterocycles. The van der Waals surface area contributed by atoms with Crippen LogP contribution in [0, 0.1) is 0 Å². The van der Waals surface area contributed by atoms with Crippen LogP contribution in [0.5, 0.6) is 0 Å². The number of hydrogen-bond donors (Lipinski definition) is 5. The number of carboxylic acid groups (broad SMARTS) is 3. The highest BCUT2D eigenvalue weighted by molar-refractivity contribution is 5.88. The Labute approximate surface area is 235 Å². The number of hydrogen-bond acceptors (Lipinski definition) is 9. The first-order valence-electron chi connectivity index (χ1n) is 13.3. The predicted molar refractivity (Wildman–Crippen MR) is 144 cm³/mol. The molecule has 40 heavy (non-hydrogen) atoms. The number of nitrogens with zero attached hydrogens (tertiary/aromatic N) is 2. The Kier molecular flexibility index (Phi) is 14.9. The highest BCUT2D eigenvalue weighted by Crippen LogP contribution is 2.19. The van der Waals surface area contributed by atoms with E-state index in [1.165, 1.54) is 11.3 Å². The first-order valence-corrected chi connectivity index (χ1v) is 13.3. The van der Waals surface area contributed by atoms with Crippen LogP contribution >= 0.6 is 0 Å². The molecule has 6 N–H and O–H groups in total. The van der Waals surface area contributed by atoms with Gasteiger partial charge in [0, 0.05) is 32.2 Å². The second-order valence-corrected chi connectivity index (χ2v) is 11.8. The number of likely N-dealkylation sites (tertiary alicyclic amines) is 2. The van der Waals surface area contributed by atoms with Gasteiger partial charge >= 0.3 is 30.1 Å². The summed E-state index contributed by atoms with van der Waals surface area (Å²) in [6, 6.07) is 0.108. The fourth-order valence-corrected chi connectivity index (χ4v) is 3.67. The summed E-state index contributed by atoms with van der Waals surface area (Å²) in [4.78, 5) is 57.5. The molecule has 0 radical (unpaired) electrons. The monoisotopic (exact) mass is 577 g/mol. The second-order valence-electron chi connectivity index (χ2n) is 11.8. The molecule has 2 atom stereocenters. The molecular weight excluding hydrogens is 530 g/mol. The van der Waals surface area contributed by atoms with E-state index in [0.29, 0.717) is 6.54 Å². The first-order chi connectivity index (χ1) is 18.1. The predicted octanol–water partition coefficient (Wildman–Crippen LogP) is 2.50. The molecule has 2 aliphatic heterocycles. The molecule has 2 heterocycles. The minimum atomic E-state index is -2.64. The van der Waals surface area contributed by atoms with Gasteiger partial charge in [-0.1, -0.05) is 0 Å². The van der Waals surface area contributed by atoms with Crippen LogP contribution in [0.1, 0.15) is 86.5 Å². The highest BCUT2D eigenvalue weighted by atomic mass is 16.6. The van der Waals surface area contributed by atoms with Gasteiger partial charge in [-0.3, -0.25) is 9.59 Å². The second kappa shape index (κ2) is 16.2. The number of rotatable bonds is 5. The van der Waals surface area contributed by atoms with Crippen molar-refractivity contribution in [3.05, 3.63) is 0 Å². The van der Waals surface area contributed by atoms with Gasteiger partial charge in [-0.15, -0.1) is 0 Å². The van der Waals surface area contributed by atoms with Crippen LogP contribution in [0.3, 0.4) is 0 Å². The number of carboxylic acids is 2. The third-order valence-electron chi connectivity index (χ3n) is 5.43. The molecule has 0 bridgehead atoms. The van der Waals surface area contributed by atoms with Crippen molar-refractivity contribution in [3.63, 3.8) is 0 Å². The van der Waals surface area contributed by atoms with E-state index in [0.717, 1.165) is 45.3 Å². The summed E-state index contributed by atoms with van der Waals surface area (Å²) in [5.74, 6) is -4.26. The number of esters is 1. The Morgan fingerprint density at radius 1 is 0.775 bits per heavy atom. The van der Waals surface area contributed by atoms with E-state index in [2.05, 4.69) is 0 Å².